The van der Waals surface area contributed by atoms with E-state index < -0.39 is 0 Å². The molecular weight excluding hydrogens is 216 g/mol. The van der Waals surface area contributed by atoms with Gasteiger partial charge in [0.25, 0.3) is 0 Å². The number of piperidine rings is 1. The van der Waals surface area contributed by atoms with Crippen LogP contribution in [0.1, 0.15) is 44.9 Å². The van der Waals surface area contributed by atoms with Crippen LogP contribution in [0.4, 0.5) is 0 Å². The first-order valence-electron chi connectivity index (χ1n) is 6.96. The molecule has 0 radical (unpaired) electrons. The molecule has 1 aliphatic carbocycles. The smallest absolute Gasteiger partial charge is 0.0105 e. The van der Waals surface area contributed by atoms with Crippen LogP contribution >= 0.6 is 11.8 Å². The monoisotopic (exact) mass is 242 g/mol. The molecule has 94 valence electrons. The van der Waals surface area contributed by atoms with E-state index in [0.717, 1.165) is 23.6 Å². The van der Waals surface area contributed by atoms with E-state index >= 15 is 0 Å². The molecule has 0 amide bonds. The van der Waals surface area contributed by atoms with Crippen molar-refractivity contribution in [3.8, 4) is 0 Å². The maximum Gasteiger partial charge on any atom is 0.0105 e. The summed E-state index contributed by atoms with van der Waals surface area (Å²) in [7, 11) is 0. The van der Waals surface area contributed by atoms with Crippen LogP contribution in [-0.2, 0) is 0 Å². The van der Waals surface area contributed by atoms with Crippen molar-refractivity contribution in [1.29, 1.82) is 0 Å². The average molecular weight is 242 g/mol. The molecule has 16 heavy (non-hydrogen) atoms. The fourth-order valence-electron chi connectivity index (χ4n) is 2.92. The summed E-state index contributed by atoms with van der Waals surface area (Å²) < 4.78 is 0. The third kappa shape index (κ3) is 3.94. The molecule has 2 fully saturated rings. The van der Waals surface area contributed by atoms with Gasteiger partial charge >= 0.3 is 0 Å². The lowest BCUT2D eigenvalue weighted by molar-refractivity contribution is 0.238. The SMILES string of the molecule is NCCN1CCC(SC2CCCCC2)CC1. The Hall–Kier alpha value is 0.270. The number of hydrogen-bond acceptors (Lipinski definition) is 3. The van der Waals surface area contributed by atoms with E-state index in [4.69, 9.17) is 5.73 Å². The highest BCUT2D eigenvalue weighted by Crippen LogP contribution is 2.34. The first kappa shape index (κ1) is 12.7. The van der Waals surface area contributed by atoms with Crippen LogP contribution in [0.25, 0.3) is 0 Å². The second kappa shape index (κ2) is 6.87. The van der Waals surface area contributed by atoms with E-state index in [1.807, 2.05) is 0 Å². The van der Waals surface area contributed by atoms with Gasteiger partial charge in [-0.05, 0) is 38.8 Å². The standard InChI is InChI=1S/C13H26N2S/c14-8-11-15-9-6-13(7-10-15)16-12-4-2-1-3-5-12/h12-13H,1-11,14H2. The van der Waals surface area contributed by atoms with Gasteiger partial charge in [0.15, 0.2) is 0 Å². The number of thioether (sulfide) groups is 1. The van der Waals surface area contributed by atoms with Crippen molar-refractivity contribution in [1.82, 2.24) is 4.90 Å². The summed E-state index contributed by atoms with van der Waals surface area (Å²) in [5.74, 6) is 0. The van der Waals surface area contributed by atoms with Gasteiger partial charge in [-0.25, -0.2) is 0 Å². The molecule has 1 aliphatic heterocycles. The molecule has 2 rings (SSSR count). The Kier molecular flexibility index (Phi) is 5.46. The summed E-state index contributed by atoms with van der Waals surface area (Å²) in [5.41, 5.74) is 5.60. The Morgan fingerprint density at radius 1 is 0.938 bits per heavy atom. The molecule has 2 N–H and O–H groups in total. The highest BCUT2D eigenvalue weighted by atomic mass is 32.2. The summed E-state index contributed by atoms with van der Waals surface area (Å²) in [6, 6.07) is 0. The van der Waals surface area contributed by atoms with Gasteiger partial charge in [-0.1, -0.05) is 19.3 Å². The maximum absolute atomic E-state index is 5.60. The van der Waals surface area contributed by atoms with E-state index in [-0.39, 0.29) is 0 Å². The van der Waals surface area contributed by atoms with Crippen LogP contribution in [0.3, 0.4) is 0 Å². The van der Waals surface area contributed by atoms with Gasteiger partial charge in [-0.2, -0.15) is 11.8 Å². The quantitative estimate of drug-likeness (QED) is 0.821. The Morgan fingerprint density at radius 3 is 2.19 bits per heavy atom. The largest absolute Gasteiger partial charge is 0.329 e. The Labute approximate surface area is 104 Å². The fraction of sp³-hybridized carbons (Fsp3) is 1.00. The van der Waals surface area contributed by atoms with E-state index in [1.165, 1.54) is 58.0 Å². The first-order valence-corrected chi connectivity index (χ1v) is 7.90. The van der Waals surface area contributed by atoms with Crippen molar-refractivity contribution in [3.05, 3.63) is 0 Å². The minimum Gasteiger partial charge on any atom is -0.329 e. The van der Waals surface area contributed by atoms with Gasteiger partial charge in [0.1, 0.15) is 0 Å². The summed E-state index contributed by atoms with van der Waals surface area (Å²) >= 11 is 2.30. The summed E-state index contributed by atoms with van der Waals surface area (Å²) in [4.78, 5) is 2.53. The van der Waals surface area contributed by atoms with Crippen LogP contribution in [-0.4, -0.2) is 41.6 Å². The molecule has 0 aromatic heterocycles. The number of rotatable bonds is 4. The molecule has 0 aromatic rings. The van der Waals surface area contributed by atoms with Gasteiger partial charge in [-0.3, -0.25) is 0 Å². The Bertz CT molecular complexity index is 184. The normalized spacial score (nSPS) is 26.1. The lowest BCUT2D eigenvalue weighted by Crippen LogP contribution is -2.38. The second-order valence-corrected chi connectivity index (χ2v) is 6.83. The molecule has 3 heteroatoms. The van der Waals surface area contributed by atoms with E-state index in [0.29, 0.717) is 0 Å². The molecule has 2 nitrogen and oxygen atoms in total. The van der Waals surface area contributed by atoms with Crippen molar-refractivity contribution >= 4 is 11.8 Å². The van der Waals surface area contributed by atoms with Gasteiger partial charge in [0.2, 0.25) is 0 Å². The zero-order valence-corrected chi connectivity index (χ0v) is 11.2. The number of nitrogens with two attached hydrogens (primary N) is 1. The highest BCUT2D eigenvalue weighted by molar-refractivity contribution is 8.00. The van der Waals surface area contributed by atoms with Crippen molar-refractivity contribution < 1.29 is 0 Å². The fourth-order valence-corrected chi connectivity index (χ4v) is 4.56. The lowest BCUT2D eigenvalue weighted by atomic mass is 10.0. The topological polar surface area (TPSA) is 29.3 Å². The Balaban J connectivity index is 1.64. The van der Waals surface area contributed by atoms with Gasteiger partial charge < -0.3 is 10.6 Å². The third-order valence-corrected chi connectivity index (χ3v) is 5.63. The number of hydrogen-bond donors (Lipinski definition) is 1. The first-order chi connectivity index (χ1) is 7.88. The molecule has 0 aromatic carbocycles. The molecule has 1 saturated carbocycles. The third-order valence-electron chi connectivity index (χ3n) is 3.92. The van der Waals surface area contributed by atoms with Crippen LogP contribution in [0.2, 0.25) is 0 Å². The maximum atomic E-state index is 5.60. The van der Waals surface area contributed by atoms with Gasteiger partial charge in [0.05, 0.1) is 0 Å². The van der Waals surface area contributed by atoms with E-state index in [1.54, 1.807) is 0 Å². The molecule has 1 saturated heterocycles. The van der Waals surface area contributed by atoms with Gasteiger partial charge in [0, 0.05) is 23.6 Å². The molecule has 0 atom stereocenters. The van der Waals surface area contributed by atoms with Crippen molar-refractivity contribution in [2.24, 2.45) is 5.73 Å². The summed E-state index contributed by atoms with van der Waals surface area (Å²) in [6.07, 6.45) is 10.2. The minimum absolute atomic E-state index is 0.820. The Morgan fingerprint density at radius 2 is 1.56 bits per heavy atom. The van der Waals surface area contributed by atoms with Crippen LogP contribution in [0, 0.1) is 0 Å². The molecule has 0 unspecified atom stereocenters. The second-order valence-electron chi connectivity index (χ2n) is 5.23. The van der Waals surface area contributed by atoms with Crippen LogP contribution in [0.5, 0.6) is 0 Å². The predicted octanol–water partition coefficient (Wildman–Crippen LogP) is 2.48. The minimum atomic E-state index is 0.820. The van der Waals surface area contributed by atoms with E-state index in [9.17, 15) is 0 Å². The molecule has 1 heterocycles. The highest BCUT2D eigenvalue weighted by Gasteiger charge is 2.23. The average Bonchev–Trinajstić information content (AvgIpc) is 2.33. The molecular formula is C13H26N2S. The van der Waals surface area contributed by atoms with Crippen molar-refractivity contribution in [2.75, 3.05) is 26.2 Å². The van der Waals surface area contributed by atoms with Crippen molar-refractivity contribution in [2.45, 2.75) is 55.4 Å². The molecule has 0 bridgehead atoms. The summed E-state index contributed by atoms with van der Waals surface area (Å²) in [6.45, 7) is 4.48. The van der Waals surface area contributed by atoms with Crippen LogP contribution < -0.4 is 5.73 Å². The zero-order chi connectivity index (χ0) is 11.2. The molecule has 0 spiro atoms. The van der Waals surface area contributed by atoms with Crippen molar-refractivity contribution in [3.63, 3.8) is 0 Å². The van der Waals surface area contributed by atoms with E-state index in [2.05, 4.69) is 16.7 Å². The summed E-state index contributed by atoms with van der Waals surface area (Å²) in [5, 5.41) is 1.93. The predicted molar refractivity (Wildman–Crippen MR) is 73.0 cm³/mol. The molecule has 2 aliphatic rings. The lowest BCUT2D eigenvalue weighted by Gasteiger charge is -2.34. The van der Waals surface area contributed by atoms with Gasteiger partial charge in [-0.15, -0.1) is 0 Å². The number of likely N-dealkylation sites (tertiary alicyclic amines) is 1. The zero-order valence-electron chi connectivity index (χ0n) is 10.4. The van der Waals surface area contributed by atoms with Crippen LogP contribution in [0.15, 0.2) is 0 Å². The number of nitrogens with zero attached hydrogens (tertiary/aromatic N) is 1.